The fourth-order valence-corrected chi connectivity index (χ4v) is 29.5. The van der Waals surface area contributed by atoms with Crippen LogP contribution in [0.15, 0.2) is 49.3 Å². The van der Waals surface area contributed by atoms with Gasteiger partial charge in [0, 0.05) is 41.6 Å². The standard InChI is InChI=1S/C28H41N3O4S.C28H41N3O2S.C25H33N3O2/c1-17(2)36(34,35)25-12-23(24(32)16-31-15-19(29-5)14-30-31)28(4)11-9-21-20-8-10-27(3,33)13-18(20)6-7-22(21)26(25)28;1-17(2)34-25-12-23(24(32)16-31-15-19(29-5)14-30-31)28(4)11-9-21-20-8-10-27(3,33)13-18(20)6-7-22(21)26(25)28;1-24(30)10-8-18-16(12-24)4-5-20-19(18)9-11-25(2)21(20)6-7-22(25)23(29)15-28-14-17(26-3)13-27-28/h14-15,17-18,20-23,25-26,33H,6-13,16H2,1-4H3;14-15,17-18,20-23,25-26,33H,6-13,16H2,1-4H3;6-7,13-14,16,18-22,30H,4-5,8-12,15H2,1-2H3/t2*18-,20+,21-,22-,23-,25?,26-,27-,28-;16-,18+,19-,20-,21+,22-,24-,25+/m111/s1. The average molecular weight is 1410 g/mol. The van der Waals surface area contributed by atoms with Crippen molar-refractivity contribution in [3.8, 4) is 0 Å². The maximum atomic E-state index is 13.7. The zero-order valence-electron chi connectivity index (χ0n) is 61.4. The van der Waals surface area contributed by atoms with Gasteiger partial charge in [0.15, 0.2) is 27.2 Å². The van der Waals surface area contributed by atoms with Crippen LogP contribution < -0.4 is 0 Å². The molecule has 3 aromatic rings. The second-order valence-corrected chi connectivity index (χ2v) is 41.2. The van der Waals surface area contributed by atoms with Gasteiger partial charge in [0.25, 0.3) is 0 Å². The predicted molar refractivity (Wildman–Crippen MR) is 389 cm³/mol. The molecule has 15 rings (SSSR count). The van der Waals surface area contributed by atoms with E-state index >= 15 is 0 Å². The third-order valence-corrected chi connectivity index (χ3v) is 34.0. The summed E-state index contributed by atoms with van der Waals surface area (Å²) < 4.78 is 32.3. The minimum atomic E-state index is -3.38. The van der Waals surface area contributed by atoms with Crippen molar-refractivity contribution >= 4 is 56.0 Å². The number of carbonyl (C=O) groups is 3. The Balaban J connectivity index is 0.000000135. The molecule has 12 aliphatic carbocycles. The molecule has 3 heterocycles. The number of aliphatic hydroxyl groups is 3. The Morgan fingerprint density at radius 2 is 0.880 bits per heavy atom. The molecule has 12 aliphatic rings. The summed E-state index contributed by atoms with van der Waals surface area (Å²) >= 11 is 2.11. The SMILES string of the molecule is [C-]#[N+]c1cnn(CC(=O)[C@H]2C=C[C@H]3[C@@H]4CC[C@@H]5C[C@](C)(O)CC[C@@H]5[C@H]4CC[C@]23C)c1.[C-]#[N+]c1cnn(CC(=O)[C@H]2CC(S(=O)(=O)C(C)C)[C@H]3[C@@H]4CC[C@@H]5C[C@](C)(O)CC[C@@H]5[C@H]4CC[C@]23C)c1.[C-]#[N+]c1cnn(CC(=O)[C@H]2CC(SC(C)C)[C@H]3[C@@H]4CC[C@@H]5C[C@](C)(O)CC[C@@H]5[C@H]4CC[C@]23C)c1. The van der Waals surface area contributed by atoms with Crippen molar-refractivity contribution in [2.75, 3.05) is 0 Å². The molecular formula is C81H115N9O8S2. The van der Waals surface area contributed by atoms with Gasteiger partial charge < -0.3 is 15.3 Å². The zero-order valence-corrected chi connectivity index (χ0v) is 63.1. The maximum absolute atomic E-state index is 13.7. The van der Waals surface area contributed by atoms with Crippen LogP contribution in [0.2, 0.25) is 0 Å². The molecule has 0 amide bonds. The van der Waals surface area contributed by atoms with Gasteiger partial charge in [0.1, 0.15) is 0 Å². The van der Waals surface area contributed by atoms with Gasteiger partial charge in [0.2, 0.25) is 17.1 Å². The van der Waals surface area contributed by atoms with E-state index in [1.54, 1.807) is 48.0 Å². The summed E-state index contributed by atoms with van der Waals surface area (Å²) in [5, 5.41) is 44.8. The fourth-order valence-electron chi connectivity index (χ4n) is 25.7. The number of allylic oxidation sites excluding steroid dienone is 2. The Bertz CT molecular complexity index is 3810. The lowest BCUT2D eigenvalue weighted by Gasteiger charge is -2.57. The van der Waals surface area contributed by atoms with Crippen LogP contribution in [0.5, 0.6) is 0 Å². The van der Waals surface area contributed by atoms with Crippen LogP contribution in [0.1, 0.15) is 217 Å². The molecule has 0 aromatic carbocycles. The van der Waals surface area contributed by atoms with Crippen molar-refractivity contribution in [3.05, 3.63) is 83.6 Å². The minimum Gasteiger partial charge on any atom is -0.390 e. The summed E-state index contributed by atoms with van der Waals surface area (Å²) in [6.45, 7) is 43.2. The molecule has 0 aliphatic heterocycles. The second kappa shape index (κ2) is 27.8. The lowest BCUT2D eigenvalue weighted by molar-refractivity contribution is -0.133. The molecule has 3 N–H and O–H groups in total. The summed E-state index contributed by atoms with van der Waals surface area (Å²) in [5.41, 5.74) is -0.396. The Morgan fingerprint density at radius 3 is 1.30 bits per heavy atom. The molecule has 2 unspecified atom stereocenters. The van der Waals surface area contributed by atoms with Crippen LogP contribution >= 0.6 is 11.8 Å². The van der Waals surface area contributed by atoms with Gasteiger partial charge in [-0.2, -0.15) is 27.1 Å². The number of rotatable bonds is 13. The first kappa shape index (κ1) is 73.3. The number of sulfone groups is 1. The van der Waals surface area contributed by atoms with E-state index in [0.29, 0.717) is 93.0 Å². The van der Waals surface area contributed by atoms with Crippen molar-refractivity contribution in [1.82, 2.24) is 29.3 Å². The van der Waals surface area contributed by atoms with Crippen LogP contribution in [0, 0.1) is 142 Å². The number of nitrogens with zero attached hydrogens (tertiary/aromatic N) is 9. The number of thioether (sulfide) groups is 1. The molecule has 19 heteroatoms. The van der Waals surface area contributed by atoms with E-state index in [2.05, 4.69) is 88.4 Å². The van der Waals surface area contributed by atoms with Crippen LogP contribution in [-0.2, 0) is 43.9 Å². The van der Waals surface area contributed by atoms with Crippen molar-refractivity contribution in [2.24, 2.45) is 123 Å². The second-order valence-electron chi connectivity index (χ2n) is 36.7. The quantitative estimate of drug-likeness (QED) is 0.108. The number of hydrogen-bond donors (Lipinski definition) is 3. The molecule has 11 saturated carbocycles. The third kappa shape index (κ3) is 13.8. The van der Waals surface area contributed by atoms with Crippen LogP contribution in [0.25, 0.3) is 14.5 Å². The maximum Gasteiger partial charge on any atom is 0.224 e. The van der Waals surface area contributed by atoms with Gasteiger partial charge in [-0.15, -0.1) is 0 Å². The molecule has 0 saturated heterocycles. The van der Waals surface area contributed by atoms with Gasteiger partial charge in [0.05, 0.1) is 85.2 Å². The monoisotopic (exact) mass is 1410 g/mol. The molecule has 544 valence electrons. The smallest absolute Gasteiger partial charge is 0.224 e. The largest absolute Gasteiger partial charge is 0.390 e. The predicted octanol–water partition coefficient (Wildman–Crippen LogP) is 15.8. The van der Waals surface area contributed by atoms with E-state index in [9.17, 15) is 38.1 Å². The molecule has 17 nitrogen and oxygen atoms in total. The molecule has 0 radical (unpaired) electrons. The Hall–Kier alpha value is -4.97. The molecule has 100 heavy (non-hydrogen) atoms. The normalized spacial score (nSPS) is 43.4. The number of fused-ring (bicyclic) bond motifs is 15. The molecule has 26 atom stereocenters. The summed E-state index contributed by atoms with van der Waals surface area (Å²) in [6, 6.07) is 0. The highest BCUT2D eigenvalue weighted by Crippen LogP contribution is 2.69. The van der Waals surface area contributed by atoms with E-state index in [1.165, 1.54) is 62.0 Å². The zero-order chi connectivity index (χ0) is 71.4. The molecular weight excluding hydrogens is 1290 g/mol. The highest BCUT2D eigenvalue weighted by Gasteiger charge is 2.66. The highest BCUT2D eigenvalue weighted by molar-refractivity contribution is 8.00. The van der Waals surface area contributed by atoms with Gasteiger partial charge in [-0.3, -0.25) is 28.4 Å². The van der Waals surface area contributed by atoms with Gasteiger partial charge in [-0.25, -0.2) is 23.0 Å². The first-order valence-corrected chi connectivity index (χ1v) is 41.4. The highest BCUT2D eigenvalue weighted by atomic mass is 32.2. The first-order valence-electron chi connectivity index (χ1n) is 38.8. The molecule has 3 aromatic heterocycles. The number of hydrogen-bond acceptors (Lipinski definition) is 12. The van der Waals surface area contributed by atoms with Gasteiger partial charge in [-0.05, 0) is 293 Å². The summed E-state index contributed by atoms with van der Waals surface area (Å²) in [7, 11) is -3.38. The molecule has 11 fully saturated rings. The topological polar surface area (TPSA) is 213 Å². The van der Waals surface area contributed by atoms with Crippen molar-refractivity contribution in [3.63, 3.8) is 0 Å². The minimum absolute atomic E-state index is 0.00240. The third-order valence-electron chi connectivity index (χ3n) is 30.0. The van der Waals surface area contributed by atoms with Crippen molar-refractivity contribution in [1.29, 1.82) is 0 Å². The lowest BCUT2D eigenvalue weighted by Crippen LogP contribution is -2.53. The van der Waals surface area contributed by atoms with E-state index in [-0.39, 0.29) is 71.1 Å². The van der Waals surface area contributed by atoms with E-state index < -0.39 is 37.1 Å². The number of Topliss-reactive ketones (excluding diaryl/α,β-unsaturated/α-hetero) is 3. The number of ketones is 3. The van der Waals surface area contributed by atoms with E-state index in [0.717, 1.165) is 126 Å². The first-order chi connectivity index (χ1) is 47.3. The van der Waals surface area contributed by atoms with Crippen molar-refractivity contribution < 1.29 is 38.1 Å². The van der Waals surface area contributed by atoms with Crippen LogP contribution in [0.3, 0.4) is 0 Å². The molecule has 0 bridgehead atoms. The van der Waals surface area contributed by atoms with Gasteiger partial charge >= 0.3 is 0 Å². The van der Waals surface area contributed by atoms with Crippen LogP contribution in [-0.4, -0.2) is 108 Å². The fraction of sp³-hybridized carbons (Fsp3) is 0.790. The summed E-state index contributed by atoms with van der Waals surface area (Å²) in [6.07, 6.45) is 38.0. The number of aromatic nitrogens is 6. The van der Waals surface area contributed by atoms with Crippen molar-refractivity contribution in [2.45, 2.75) is 274 Å². The Morgan fingerprint density at radius 1 is 0.500 bits per heavy atom. The number of carbonyl (C=O) groups excluding carboxylic acids is 3. The summed E-state index contributed by atoms with van der Waals surface area (Å²) in [5.74, 6) is 9.08. The van der Waals surface area contributed by atoms with Crippen LogP contribution in [0.4, 0.5) is 17.1 Å². The molecule has 0 spiro atoms. The van der Waals surface area contributed by atoms with E-state index in [4.69, 9.17) is 19.7 Å². The van der Waals surface area contributed by atoms with Gasteiger partial charge in [-0.1, -0.05) is 46.8 Å². The Kier molecular flexibility index (Phi) is 20.4. The lowest BCUT2D eigenvalue weighted by atomic mass is 9.48. The average Bonchev–Trinajstić information content (AvgIpc) is 1.49. The van der Waals surface area contributed by atoms with E-state index in [1.807, 2.05) is 20.8 Å². The Labute approximate surface area is 600 Å². The summed E-state index contributed by atoms with van der Waals surface area (Å²) in [4.78, 5) is 50.8.